The third kappa shape index (κ3) is 4.98. The van der Waals surface area contributed by atoms with Crippen molar-refractivity contribution in [3.8, 4) is 0 Å². The number of carbonyl (C=O) groups is 1. The summed E-state index contributed by atoms with van der Waals surface area (Å²) in [4.78, 5) is 12.6. The minimum atomic E-state index is -3.86. The number of sulfonamides is 1. The Balaban J connectivity index is 1.85. The molecule has 0 aliphatic carbocycles. The van der Waals surface area contributed by atoms with Gasteiger partial charge in [0.05, 0.1) is 17.2 Å². The van der Waals surface area contributed by atoms with Crippen LogP contribution in [0.5, 0.6) is 0 Å². The highest BCUT2D eigenvalue weighted by atomic mass is 35.5. The second kappa shape index (κ2) is 8.83. The van der Waals surface area contributed by atoms with Crippen LogP contribution >= 0.6 is 11.6 Å². The quantitative estimate of drug-likeness (QED) is 0.769. The summed E-state index contributed by atoms with van der Waals surface area (Å²) < 4.78 is 33.3. The zero-order chi connectivity index (χ0) is 21.2. The molecule has 0 radical (unpaired) electrons. The van der Waals surface area contributed by atoms with E-state index in [1.54, 1.807) is 0 Å². The van der Waals surface area contributed by atoms with Gasteiger partial charge in [-0.05, 0) is 56.2 Å². The molecule has 1 fully saturated rings. The summed E-state index contributed by atoms with van der Waals surface area (Å²) in [6.45, 7) is 6.19. The molecular formula is C21H25ClN2O4S. The Hall–Kier alpha value is -1.93. The summed E-state index contributed by atoms with van der Waals surface area (Å²) in [5.41, 5.74) is 2.03. The van der Waals surface area contributed by atoms with Crippen LogP contribution in [-0.2, 0) is 21.2 Å². The number of nitrogens with one attached hydrogen (secondary N) is 1. The zero-order valence-corrected chi connectivity index (χ0v) is 18.3. The third-order valence-corrected chi connectivity index (χ3v) is 7.13. The smallest absolute Gasteiger partial charge is 0.255 e. The lowest BCUT2D eigenvalue weighted by Crippen LogP contribution is -2.48. The van der Waals surface area contributed by atoms with Gasteiger partial charge in [0.1, 0.15) is 4.90 Å². The number of halogens is 1. The summed E-state index contributed by atoms with van der Waals surface area (Å²) in [6, 6.07) is 11.8. The number of carbonyl (C=O) groups excluding carboxylic acids is 1. The maximum atomic E-state index is 13.2. The number of amides is 1. The SMILES string of the molecule is CCc1ccc(NC(=O)c2ccc(Cl)c(S(=O)(=O)N3CC(C)OC(C)C3)c2)cc1. The van der Waals surface area contributed by atoms with Crippen molar-refractivity contribution in [1.82, 2.24) is 4.31 Å². The number of anilines is 1. The Morgan fingerprint density at radius 2 is 1.76 bits per heavy atom. The van der Waals surface area contributed by atoms with Crippen molar-refractivity contribution in [3.05, 3.63) is 58.6 Å². The molecule has 0 saturated carbocycles. The van der Waals surface area contributed by atoms with Gasteiger partial charge in [-0.2, -0.15) is 4.31 Å². The van der Waals surface area contributed by atoms with Crippen LogP contribution in [0, 0.1) is 0 Å². The Labute approximate surface area is 176 Å². The van der Waals surface area contributed by atoms with E-state index in [0.717, 1.165) is 12.0 Å². The first-order valence-corrected chi connectivity index (χ1v) is 11.4. The molecule has 156 valence electrons. The average molecular weight is 437 g/mol. The first kappa shape index (κ1) is 21.8. The van der Waals surface area contributed by atoms with Crippen molar-refractivity contribution in [3.63, 3.8) is 0 Å². The van der Waals surface area contributed by atoms with Crippen LogP contribution in [0.15, 0.2) is 47.4 Å². The number of benzene rings is 2. The summed E-state index contributed by atoms with van der Waals surface area (Å²) in [5, 5.41) is 2.87. The minimum Gasteiger partial charge on any atom is -0.373 e. The number of hydrogen-bond acceptors (Lipinski definition) is 4. The van der Waals surface area contributed by atoms with Gasteiger partial charge in [0.25, 0.3) is 5.91 Å². The summed E-state index contributed by atoms with van der Waals surface area (Å²) in [6.07, 6.45) is 0.473. The van der Waals surface area contributed by atoms with E-state index >= 15 is 0 Å². The number of ether oxygens (including phenoxy) is 1. The van der Waals surface area contributed by atoms with Gasteiger partial charge in [-0.1, -0.05) is 30.7 Å². The predicted molar refractivity (Wildman–Crippen MR) is 114 cm³/mol. The number of morpholine rings is 1. The van der Waals surface area contributed by atoms with E-state index in [4.69, 9.17) is 16.3 Å². The minimum absolute atomic E-state index is 0.0746. The molecular weight excluding hydrogens is 412 g/mol. The molecule has 29 heavy (non-hydrogen) atoms. The molecule has 1 aliphatic rings. The van der Waals surface area contributed by atoms with Crippen LogP contribution < -0.4 is 5.32 Å². The number of nitrogens with zero attached hydrogens (tertiary/aromatic N) is 1. The first-order chi connectivity index (χ1) is 13.7. The van der Waals surface area contributed by atoms with E-state index in [2.05, 4.69) is 12.2 Å². The molecule has 2 atom stereocenters. The molecule has 3 rings (SSSR count). The molecule has 1 aliphatic heterocycles. The van der Waals surface area contributed by atoms with Crippen LogP contribution in [0.2, 0.25) is 5.02 Å². The molecule has 1 heterocycles. The lowest BCUT2D eigenvalue weighted by Gasteiger charge is -2.34. The summed E-state index contributed by atoms with van der Waals surface area (Å²) in [7, 11) is -3.86. The summed E-state index contributed by atoms with van der Waals surface area (Å²) >= 11 is 6.20. The molecule has 0 bridgehead atoms. The van der Waals surface area contributed by atoms with Crippen LogP contribution in [0.1, 0.15) is 36.7 Å². The molecule has 2 aromatic rings. The molecule has 0 aromatic heterocycles. The van der Waals surface area contributed by atoms with E-state index in [-0.39, 0.29) is 40.8 Å². The van der Waals surface area contributed by atoms with Gasteiger partial charge in [-0.15, -0.1) is 0 Å². The van der Waals surface area contributed by atoms with Gasteiger partial charge in [0.15, 0.2) is 0 Å². The molecule has 8 heteroatoms. The van der Waals surface area contributed by atoms with Crippen molar-refractivity contribution >= 4 is 33.2 Å². The predicted octanol–water partition coefficient (Wildman–Crippen LogP) is 3.95. The molecule has 6 nitrogen and oxygen atoms in total. The zero-order valence-electron chi connectivity index (χ0n) is 16.7. The first-order valence-electron chi connectivity index (χ1n) is 9.56. The second-order valence-electron chi connectivity index (χ2n) is 7.23. The van der Waals surface area contributed by atoms with E-state index in [0.29, 0.717) is 5.69 Å². The fraction of sp³-hybridized carbons (Fsp3) is 0.381. The van der Waals surface area contributed by atoms with Crippen molar-refractivity contribution in [2.45, 2.75) is 44.3 Å². The fourth-order valence-electron chi connectivity index (χ4n) is 3.34. The van der Waals surface area contributed by atoms with E-state index in [9.17, 15) is 13.2 Å². The Kier molecular flexibility index (Phi) is 6.63. The highest BCUT2D eigenvalue weighted by Gasteiger charge is 2.33. The van der Waals surface area contributed by atoms with Crippen LogP contribution in [0.25, 0.3) is 0 Å². The van der Waals surface area contributed by atoms with Crippen molar-refractivity contribution in [2.75, 3.05) is 18.4 Å². The van der Waals surface area contributed by atoms with Gasteiger partial charge in [-0.25, -0.2) is 8.42 Å². The molecule has 1 N–H and O–H groups in total. The molecule has 2 aromatic carbocycles. The van der Waals surface area contributed by atoms with Crippen molar-refractivity contribution in [1.29, 1.82) is 0 Å². The highest BCUT2D eigenvalue weighted by Crippen LogP contribution is 2.28. The van der Waals surface area contributed by atoms with Gasteiger partial charge in [0, 0.05) is 24.3 Å². The van der Waals surface area contributed by atoms with Crippen molar-refractivity contribution < 1.29 is 17.9 Å². The number of hydrogen-bond donors (Lipinski definition) is 1. The van der Waals surface area contributed by atoms with Crippen molar-refractivity contribution in [2.24, 2.45) is 0 Å². The number of rotatable bonds is 5. The van der Waals surface area contributed by atoms with Gasteiger partial charge in [-0.3, -0.25) is 4.79 Å². The maximum absolute atomic E-state index is 13.2. The lowest BCUT2D eigenvalue weighted by atomic mass is 10.1. The third-order valence-electron chi connectivity index (χ3n) is 4.82. The molecule has 1 saturated heterocycles. The lowest BCUT2D eigenvalue weighted by molar-refractivity contribution is -0.0440. The van der Waals surface area contributed by atoms with Crippen LogP contribution in [-0.4, -0.2) is 43.9 Å². The Morgan fingerprint density at radius 3 is 2.34 bits per heavy atom. The van der Waals surface area contributed by atoms with E-state index < -0.39 is 15.9 Å². The van der Waals surface area contributed by atoms with Gasteiger partial charge >= 0.3 is 0 Å². The highest BCUT2D eigenvalue weighted by molar-refractivity contribution is 7.89. The normalized spacial score (nSPS) is 20.4. The second-order valence-corrected chi connectivity index (χ2v) is 9.54. The Bertz CT molecular complexity index is 982. The number of aryl methyl sites for hydroxylation is 1. The standard InChI is InChI=1S/C21H25ClN2O4S/c1-4-16-5-8-18(9-6-16)23-21(25)17-7-10-19(22)20(11-17)29(26,27)24-12-14(2)28-15(3)13-24/h5-11,14-15H,4,12-13H2,1-3H3,(H,23,25). The molecule has 0 spiro atoms. The largest absolute Gasteiger partial charge is 0.373 e. The van der Waals surface area contributed by atoms with Gasteiger partial charge in [0.2, 0.25) is 10.0 Å². The Morgan fingerprint density at radius 1 is 1.14 bits per heavy atom. The maximum Gasteiger partial charge on any atom is 0.255 e. The van der Waals surface area contributed by atoms with Gasteiger partial charge < -0.3 is 10.1 Å². The van der Waals surface area contributed by atoms with E-state index in [1.807, 2.05) is 38.1 Å². The fourth-order valence-corrected chi connectivity index (χ4v) is 5.43. The van der Waals surface area contributed by atoms with E-state index in [1.165, 1.54) is 22.5 Å². The molecule has 2 unspecified atom stereocenters. The molecule has 1 amide bonds. The average Bonchev–Trinajstić information content (AvgIpc) is 2.68. The van der Waals surface area contributed by atoms with Crippen LogP contribution in [0.3, 0.4) is 0 Å². The van der Waals surface area contributed by atoms with Crippen LogP contribution in [0.4, 0.5) is 5.69 Å². The summed E-state index contributed by atoms with van der Waals surface area (Å²) in [5.74, 6) is -0.397. The topological polar surface area (TPSA) is 75.7 Å². The monoisotopic (exact) mass is 436 g/mol.